The SMILES string of the molecule is CC1(CO)CCOCC1F. The van der Waals surface area contributed by atoms with Crippen LogP contribution in [0.15, 0.2) is 0 Å². The highest BCUT2D eigenvalue weighted by Crippen LogP contribution is 2.31. The van der Waals surface area contributed by atoms with Gasteiger partial charge < -0.3 is 9.84 Å². The lowest BCUT2D eigenvalue weighted by Crippen LogP contribution is -2.41. The highest BCUT2D eigenvalue weighted by atomic mass is 19.1. The molecule has 0 bridgehead atoms. The number of aliphatic hydroxyl groups excluding tert-OH is 1. The first-order valence-electron chi connectivity index (χ1n) is 3.52. The summed E-state index contributed by atoms with van der Waals surface area (Å²) in [7, 11) is 0. The molecule has 1 rings (SSSR count). The van der Waals surface area contributed by atoms with Crippen molar-refractivity contribution in [2.45, 2.75) is 19.5 Å². The number of rotatable bonds is 1. The summed E-state index contributed by atoms with van der Waals surface area (Å²) in [6.45, 7) is 2.37. The number of aliphatic hydroxyl groups is 1. The largest absolute Gasteiger partial charge is 0.396 e. The molecule has 1 fully saturated rings. The van der Waals surface area contributed by atoms with Crippen LogP contribution in [0, 0.1) is 5.41 Å². The number of alkyl halides is 1. The Balaban J connectivity index is 2.54. The van der Waals surface area contributed by atoms with Gasteiger partial charge in [-0.3, -0.25) is 0 Å². The van der Waals surface area contributed by atoms with Crippen molar-refractivity contribution in [1.29, 1.82) is 0 Å². The van der Waals surface area contributed by atoms with E-state index in [0.717, 1.165) is 0 Å². The molecule has 2 unspecified atom stereocenters. The second kappa shape index (κ2) is 2.84. The minimum atomic E-state index is -1.01. The van der Waals surface area contributed by atoms with Gasteiger partial charge in [-0.1, -0.05) is 6.92 Å². The van der Waals surface area contributed by atoms with Crippen LogP contribution in [-0.4, -0.2) is 31.1 Å². The maximum absolute atomic E-state index is 12.9. The molecule has 1 aliphatic heterocycles. The molecule has 0 aromatic heterocycles. The van der Waals surface area contributed by atoms with Gasteiger partial charge in [0.15, 0.2) is 0 Å². The van der Waals surface area contributed by atoms with Crippen molar-refractivity contribution in [3.05, 3.63) is 0 Å². The first-order chi connectivity index (χ1) is 4.69. The van der Waals surface area contributed by atoms with Crippen molar-refractivity contribution in [3.8, 4) is 0 Å². The molecule has 3 heteroatoms. The molecule has 0 saturated carbocycles. The highest BCUT2D eigenvalue weighted by molar-refractivity contribution is 4.84. The molecule has 1 N–H and O–H groups in total. The third-order valence-electron chi connectivity index (χ3n) is 2.20. The second-order valence-corrected chi connectivity index (χ2v) is 3.10. The van der Waals surface area contributed by atoms with Crippen LogP contribution in [0.5, 0.6) is 0 Å². The summed E-state index contributed by atoms with van der Waals surface area (Å²) in [6.07, 6.45) is -0.392. The molecule has 0 aromatic carbocycles. The van der Waals surface area contributed by atoms with Gasteiger partial charge in [0.1, 0.15) is 6.17 Å². The third-order valence-corrected chi connectivity index (χ3v) is 2.20. The summed E-state index contributed by atoms with van der Waals surface area (Å²) >= 11 is 0. The number of hydrogen-bond acceptors (Lipinski definition) is 2. The Labute approximate surface area is 60.0 Å². The fourth-order valence-electron chi connectivity index (χ4n) is 1.03. The van der Waals surface area contributed by atoms with E-state index >= 15 is 0 Å². The highest BCUT2D eigenvalue weighted by Gasteiger charge is 2.36. The fourth-order valence-corrected chi connectivity index (χ4v) is 1.03. The molecule has 60 valence electrons. The van der Waals surface area contributed by atoms with E-state index in [1.54, 1.807) is 6.92 Å². The van der Waals surface area contributed by atoms with Gasteiger partial charge in [0.05, 0.1) is 13.2 Å². The van der Waals surface area contributed by atoms with Gasteiger partial charge in [-0.25, -0.2) is 4.39 Å². The van der Waals surface area contributed by atoms with Crippen LogP contribution in [0.25, 0.3) is 0 Å². The standard InChI is InChI=1S/C7H13FO2/c1-7(5-9)2-3-10-4-6(7)8/h6,9H,2-5H2,1H3. The van der Waals surface area contributed by atoms with E-state index in [1.807, 2.05) is 0 Å². The fraction of sp³-hybridized carbons (Fsp3) is 1.00. The molecule has 0 spiro atoms. The van der Waals surface area contributed by atoms with E-state index < -0.39 is 11.6 Å². The maximum atomic E-state index is 12.9. The van der Waals surface area contributed by atoms with E-state index in [0.29, 0.717) is 13.0 Å². The van der Waals surface area contributed by atoms with E-state index in [4.69, 9.17) is 9.84 Å². The van der Waals surface area contributed by atoms with Crippen molar-refractivity contribution in [2.75, 3.05) is 19.8 Å². The minimum Gasteiger partial charge on any atom is -0.396 e. The summed E-state index contributed by atoms with van der Waals surface area (Å²) in [5, 5.41) is 8.83. The summed E-state index contributed by atoms with van der Waals surface area (Å²) in [5.74, 6) is 0. The quantitative estimate of drug-likeness (QED) is 0.594. The van der Waals surface area contributed by atoms with E-state index in [2.05, 4.69) is 0 Å². The summed E-state index contributed by atoms with van der Waals surface area (Å²) in [5.41, 5.74) is -0.557. The Morgan fingerprint density at radius 3 is 2.90 bits per heavy atom. The van der Waals surface area contributed by atoms with Crippen LogP contribution in [0.2, 0.25) is 0 Å². The van der Waals surface area contributed by atoms with Crippen LogP contribution < -0.4 is 0 Å². The molecule has 0 radical (unpaired) electrons. The molecule has 1 aliphatic rings. The Bertz CT molecular complexity index is 118. The lowest BCUT2D eigenvalue weighted by atomic mass is 9.82. The second-order valence-electron chi connectivity index (χ2n) is 3.10. The van der Waals surface area contributed by atoms with Gasteiger partial charge in [0.25, 0.3) is 0 Å². The van der Waals surface area contributed by atoms with Gasteiger partial charge in [0.2, 0.25) is 0 Å². The predicted octanol–water partition coefficient (Wildman–Crippen LogP) is 0.743. The lowest BCUT2D eigenvalue weighted by Gasteiger charge is -2.34. The Morgan fingerprint density at radius 2 is 2.50 bits per heavy atom. The van der Waals surface area contributed by atoms with Gasteiger partial charge in [-0.15, -0.1) is 0 Å². The molecule has 2 atom stereocenters. The first kappa shape index (κ1) is 7.95. The van der Waals surface area contributed by atoms with Gasteiger partial charge in [-0.05, 0) is 6.42 Å². The zero-order valence-electron chi connectivity index (χ0n) is 6.14. The Morgan fingerprint density at radius 1 is 1.80 bits per heavy atom. The van der Waals surface area contributed by atoms with E-state index in [-0.39, 0.29) is 13.2 Å². The van der Waals surface area contributed by atoms with Crippen molar-refractivity contribution < 1.29 is 14.2 Å². The summed E-state index contributed by atoms with van der Waals surface area (Å²) in [4.78, 5) is 0. The third kappa shape index (κ3) is 1.30. The topological polar surface area (TPSA) is 29.5 Å². The Kier molecular flexibility index (Phi) is 2.26. The number of ether oxygens (including phenoxy) is 1. The normalized spacial score (nSPS) is 41.7. The lowest BCUT2D eigenvalue weighted by molar-refractivity contribution is -0.0715. The smallest absolute Gasteiger partial charge is 0.131 e. The molecule has 10 heavy (non-hydrogen) atoms. The number of halogens is 1. The average molecular weight is 148 g/mol. The van der Waals surface area contributed by atoms with E-state index in [1.165, 1.54) is 0 Å². The molecular formula is C7H13FO2. The van der Waals surface area contributed by atoms with Gasteiger partial charge >= 0.3 is 0 Å². The zero-order chi connectivity index (χ0) is 7.61. The minimum absolute atomic E-state index is 0.0858. The van der Waals surface area contributed by atoms with Crippen molar-refractivity contribution in [2.24, 2.45) is 5.41 Å². The first-order valence-corrected chi connectivity index (χ1v) is 3.52. The molecule has 2 nitrogen and oxygen atoms in total. The molecule has 1 heterocycles. The van der Waals surface area contributed by atoms with Gasteiger partial charge in [-0.2, -0.15) is 0 Å². The van der Waals surface area contributed by atoms with Crippen LogP contribution in [-0.2, 0) is 4.74 Å². The van der Waals surface area contributed by atoms with Crippen molar-refractivity contribution in [1.82, 2.24) is 0 Å². The monoisotopic (exact) mass is 148 g/mol. The molecule has 1 saturated heterocycles. The Hall–Kier alpha value is -0.150. The van der Waals surface area contributed by atoms with Crippen molar-refractivity contribution >= 4 is 0 Å². The van der Waals surface area contributed by atoms with Crippen molar-refractivity contribution in [3.63, 3.8) is 0 Å². The van der Waals surface area contributed by atoms with Crippen LogP contribution >= 0.6 is 0 Å². The van der Waals surface area contributed by atoms with E-state index in [9.17, 15) is 4.39 Å². The predicted molar refractivity (Wildman–Crippen MR) is 35.5 cm³/mol. The molecule has 0 aliphatic carbocycles. The summed E-state index contributed by atoms with van der Waals surface area (Å²) in [6, 6.07) is 0. The van der Waals surface area contributed by atoms with Gasteiger partial charge in [0, 0.05) is 12.0 Å². The summed E-state index contributed by atoms with van der Waals surface area (Å²) < 4.78 is 17.8. The maximum Gasteiger partial charge on any atom is 0.131 e. The zero-order valence-corrected chi connectivity index (χ0v) is 6.14. The molecule has 0 aromatic rings. The van der Waals surface area contributed by atoms with Crippen LogP contribution in [0.1, 0.15) is 13.3 Å². The molecular weight excluding hydrogens is 135 g/mol. The molecule has 0 amide bonds. The van der Waals surface area contributed by atoms with Crippen LogP contribution in [0.4, 0.5) is 4.39 Å². The number of hydrogen-bond donors (Lipinski definition) is 1. The average Bonchev–Trinajstić information content (AvgIpc) is 1.96. The van der Waals surface area contributed by atoms with Crippen LogP contribution in [0.3, 0.4) is 0 Å².